The summed E-state index contributed by atoms with van der Waals surface area (Å²) < 4.78 is 27.0. The summed E-state index contributed by atoms with van der Waals surface area (Å²) in [5.41, 5.74) is 0.0953. The van der Waals surface area contributed by atoms with Gasteiger partial charge in [0.05, 0.1) is 24.8 Å². The van der Waals surface area contributed by atoms with Gasteiger partial charge in [0.15, 0.2) is 24.6 Å². The highest BCUT2D eigenvalue weighted by atomic mass is 16.7. The molecule has 224 valence electrons. The van der Waals surface area contributed by atoms with Crippen LogP contribution in [0.5, 0.6) is 0 Å². The quantitative estimate of drug-likeness (QED) is 0.233. The smallest absolute Gasteiger partial charge is 0.338 e. The number of aliphatic hydroxyl groups is 1. The van der Waals surface area contributed by atoms with E-state index in [0.29, 0.717) is 0 Å². The van der Waals surface area contributed by atoms with Gasteiger partial charge in [-0.3, -0.25) is 14.4 Å². The first-order valence-electron chi connectivity index (χ1n) is 13.0. The average Bonchev–Trinajstić information content (AvgIpc) is 2.92. The lowest BCUT2D eigenvalue weighted by molar-refractivity contribution is -0.292. The summed E-state index contributed by atoms with van der Waals surface area (Å²) in [7, 11) is 0. The Bertz CT molecular complexity index is 1110. The third-order valence-corrected chi connectivity index (χ3v) is 5.85. The molecule has 0 aliphatic carbocycles. The molecule has 41 heavy (non-hydrogen) atoms. The highest BCUT2D eigenvalue weighted by Crippen LogP contribution is 2.29. The topological polar surface area (TPSA) is 186 Å². The number of Topliss-reactive ketones (excluding diaryl/α,β-unsaturated/α-hetero) is 3. The standard InChI is InChI=1S/C28H34O13/c1-16(29)9-12-21(32)37-15-20-24(39-22(33)13-10-17(2)30)25(40-23(34)14-11-18(3)31)26(28(36)38-20)41-27(35)19-7-5-4-6-8-19/h4-8,20,24-26,28,36H,9-15H2,1-3H3/t20-,24+,25+,26-,28-/m1/s1. The van der Waals surface area contributed by atoms with Gasteiger partial charge < -0.3 is 43.2 Å². The SMILES string of the molecule is CC(=O)CCC(=O)OC[C@H]1O[C@@H](O)[C@H](OC(=O)c2ccccc2)[C@@H](OC(=O)CCC(C)=O)[C@H]1OC(=O)CCC(C)=O. The predicted octanol–water partition coefficient (Wildman–Crippen LogP) is 1.40. The number of ether oxygens (including phenoxy) is 5. The Balaban J connectivity index is 2.37. The van der Waals surface area contributed by atoms with Crippen molar-refractivity contribution in [1.29, 1.82) is 0 Å². The molecule has 0 saturated carbocycles. The Kier molecular flexibility index (Phi) is 13.2. The van der Waals surface area contributed by atoms with Crippen molar-refractivity contribution >= 4 is 41.2 Å². The van der Waals surface area contributed by atoms with Crippen LogP contribution < -0.4 is 0 Å². The molecule has 1 aliphatic rings. The molecule has 1 N–H and O–H groups in total. The lowest BCUT2D eigenvalue weighted by atomic mass is 9.98. The van der Waals surface area contributed by atoms with Crippen LogP contribution in [-0.2, 0) is 52.5 Å². The van der Waals surface area contributed by atoms with Crippen LogP contribution in [0, 0.1) is 0 Å². The van der Waals surface area contributed by atoms with Crippen molar-refractivity contribution in [3.63, 3.8) is 0 Å². The molecule has 0 amide bonds. The minimum absolute atomic E-state index is 0.0790. The molecule has 1 fully saturated rings. The highest BCUT2D eigenvalue weighted by Gasteiger charge is 2.52. The fourth-order valence-corrected chi connectivity index (χ4v) is 3.70. The first kappa shape index (κ1) is 33.2. The second-order valence-corrected chi connectivity index (χ2v) is 9.50. The molecule has 2 rings (SSSR count). The molecule has 1 aliphatic heterocycles. The lowest BCUT2D eigenvalue weighted by Gasteiger charge is -2.42. The molecule has 13 heteroatoms. The van der Waals surface area contributed by atoms with Crippen molar-refractivity contribution in [1.82, 2.24) is 0 Å². The van der Waals surface area contributed by atoms with E-state index in [4.69, 9.17) is 23.7 Å². The maximum Gasteiger partial charge on any atom is 0.338 e. The molecule has 0 aromatic heterocycles. The first-order valence-corrected chi connectivity index (χ1v) is 13.0. The van der Waals surface area contributed by atoms with E-state index < -0.39 is 61.2 Å². The van der Waals surface area contributed by atoms with Crippen molar-refractivity contribution in [3.8, 4) is 0 Å². The normalized spacial score (nSPS) is 21.7. The Labute approximate surface area is 236 Å². The van der Waals surface area contributed by atoms with Crippen LogP contribution in [0.2, 0.25) is 0 Å². The van der Waals surface area contributed by atoms with E-state index in [1.807, 2.05) is 0 Å². The van der Waals surface area contributed by atoms with Gasteiger partial charge in [-0.15, -0.1) is 0 Å². The molecule has 5 atom stereocenters. The van der Waals surface area contributed by atoms with Crippen LogP contribution >= 0.6 is 0 Å². The van der Waals surface area contributed by atoms with E-state index >= 15 is 0 Å². The maximum atomic E-state index is 12.8. The van der Waals surface area contributed by atoms with Gasteiger partial charge in [-0.1, -0.05) is 18.2 Å². The molecule has 0 bridgehead atoms. The second-order valence-electron chi connectivity index (χ2n) is 9.50. The largest absolute Gasteiger partial charge is 0.463 e. The minimum Gasteiger partial charge on any atom is -0.463 e. The van der Waals surface area contributed by atoms with E-state index in [1.54, 1.807) is 18.2 Å². The molecule has 1 saturated heterocycles. The van der Waals surface area contributed by atoms with Gasteiger partial charge in [0.1, 0.15) is 30.1 Å². The molecule has 0 unspecified atom stereocenters. The zero-order valence-electron chi connectivity index (χ0n) is 23.1. The number of carbonyl (C=O) groups excluding carboxylic acids is 7. The number of ketones is 3. The summed E-state index contributed by atoms with van der Waals surface area (Å²) in [5, 5.41) is 10.8. The van der Waals surface area contributed by atoms with Crippen LogP contribution in [-0.4, -0.2) is 83.6 Å². The molecular weight excluding hydrogens is 544 g/mol. The molecule has 1 aromatic rings. The molecular formula is C28H34O13. The number of hydrogen-bond donors (Lipinski definition) is 1. The fourth-order valence-electron chi connectivity index (χ4n) is 3.70. The summed E-state index contributed by atoms with van der Waals surface area (Å²) in [5.74, 6) is -4.38. The van der Waals surface area contributed by atoms with Crippen LogP contribution in [0.25, 0.3) is 0 Å². The number of hydrogen-bond acceptors (Lipinski definition) is 13. The van der Waals surface area contributed by atoms with Gasteiger partial charge in [-0.25, -0.2) is 4.79 Å². The van der Waals surface area contributed by atoms with Crippen molar-refractivity contribution < 1.29 is 62.4 Å². The number of rotatable bonds is 15. The van der Waals surface area contributed by atoms with Crippen LogP contribution in [0.4, 0.5) is 0 Å². The maximum absolute atomic E-state index is 12.8. The van der Waals surface area contributed by atoms with Crippen molar-refractivity contribution in [2.24, 2.45) is 0 Å². The first-order chi connectivity index (χ1) is 19.4. The van der Waals surface area contributed by atoms with Gasteiger partial charge in [0.2, 0.25) is 0 Å². The van der Waals surface area contributed by atoms with Gasteiger partial charge in [-0.05, 0) is 32.9 Å². The summed E-state index contributed by atoms with van der Waals surface area (Å²) >= 11 is 0. The summed E-state index contributed by atoms with van der Waals surface area (Å²) in [4.78, 5) is 84.2. The number of carbonyl (C=O) groups is 7. The Hall–Kier alpha value is -3.97. The third kappa shape index (κ3) is 11.6. The van der Waals surface area contributed by atoms with Crippen molar-refractivity contribution in [3.05, 3.63) is 35.9 Å². The Morgan fingerprint density at radius 3 is 1.66 bits per heavy atom. The summed E-state index contributed by atoms with van der Waals surface area (Å²) in [6.07, 6.45) is -9.64. The molecule has 1 heterocycles. The monoisotopic (exact) mass is 578 g/mol. The summed E-state index contributed by atoms with van der Waals surface area (Å²) in [6.45, 7) is 3.24. The predicted molar refractivity (Wildman–Crippen MR) is 137 cm³/mol. The van der Waals surface area contributed by atoms with Gasteiger partial charge in [-0.2, -0.15) is 0 Å². The van der Waals surface area contributed by atoms with E-state index in [0.717, 1.165) is 0 Å². The molecule has 1 aromatic carbocycles. The molecule has 0 spiro atoms. The number of esters is 4. The van der Waals surface area contributed by atoms with Crippen LogP contribution in [0.1, 0.15) is 69.7 Å². The molecule has 0 radical (unpaired) electrons. The zero-order chi connectivity index (χ0) is 30.5. The van der Waals surface area contributed by atoms with Gasteiger partial charge >= 0.3 is 23.9 Å². The second kappa shape index (κ2) is 16.3. The van der Waals surface area contributed by atoms with Crippen LogP contribution in [0.3, 0.4) is 0 Å². The van der Waals surface area contributed by atoms with Gasteiger partial charge in [0, 0.05) is 19.3 Å². The minimum atomic E-state index is -1.93. The molecule has 13 nitrogen and oxygen atoms in total. The highest BCUT2D eigenvalue weighted by molar-refractivity contribution is 5.89. The lowest BCUT2D eigenvalue weighted by Crippen LogP contribution is -2.62. The third-order valence-electron chi connectivity index (χ3n) is 5.85. The average molecular weight is 579 g/mol. The van der Waals surface area contributed by atoms with E-state index in [9.17, 15) is 38.7 Å². The Morgan fingerprint density at radius 1 is 0.659 bits per heavy atom. The summed E-state index contributed by atoms with van der Waals surface area (Å²) in [6, 6.07) is 7.68. The zero-order valence-corrected chi connectivity index (χ0v) is 23.1. The Morgan fingerprint density at radius 2 is 1.15 bits per heavy atom. The van der Waals surface area contributed by atoms with E-state index in [1.165, 1.54) is 32.9 Å². The van der Waals surface area contributed by atoms with E-state index in [-0.39, 0.29) is 61.4 Å². The van der Waals surface area contributed by atoms with Gasteiger partial charge in [0.25, 0.3) is 0 Å². The van der Waals surface area contributed by atoms with Crippen molar-refractivity contribution in [2.75, 3.05) is 6.61 Å². The van der Waals surface area contributed by atoms with E-state index in [2.05, 4.69) is 0 Å². The fraction of sp³-hybridized carbons (Fsp3) is 0.536. The number of benzene rings is 1. The van der Waals surface area contributed by atoms with Crippen molar-refractivity contribution in [2.45, 2.75) is 90.0 Å². The van der Waals surface area contributed by atoms with Crippen LogP contribution in [0.15, 0.2) is 30.3 Å². The number of aliphatic hydroxyl groups excluding tert-OH is 1.